The summed E-state index contributed by atoms with van der Waals surface area (Å²) in [7, 11) is 0. The van der Waals surface area contributed by atoms with E-state index in [1.54, 1.807) is 28.8 Å². The van der Waals surface area contributed by atoms with E-state index in [4.69, 9.17) is 0 Å². The van der Waals surface area contributed by atoms with Gasteiger partial charge in [-0.25, -0.2) is 4.39 Å². The summed E-state index contributed by atoms with van der Waals surface area (Å²) in [6.45, 7) is 2.66. The van der Waals surface area contributed by atoms with E-state index in [0.29, 0.717) is 23.1 Å². The van der Waals surface area contributed by atoms with E-state index in [-0.39, 0.29) is 11.3 Å². The Balaban J connectivity index is 1.85. The zero-order valence-electron chi connectivity index (χ0n) is 17.9. The van der Waals surface area contributed by atoms with Gasteiger partial charge in [0, 0.05) is 17.6 Å². The van der Waals surface area contributed by atoms with Gasteiger partial charge in [-0.3, -0.25) is 9.59 Å². The number of aromatic hydroxyl groups is 1. The number of benzene rings is 2. The lowest BCUT2D eigenvalue weighted by molar-refractivity contribution is 0.102. The van der Waals surface area contributed by atoms with Gasteiger partial charge in [-0.2, -0.15) is 0 Å². The van der Waals surface area contributed by atoms with Crippen LogP contribution in [0.1, 0.15) is 62.2 Å². The molecule has 0 aliphatic rings. The molecule has 0 radical (unpaired) electrons. The summed E-state index contributed by atoms with van der Waals surface area (Å²) in [6, 6.07) is 12.3. The number of aryl methyl sites for hydroxylation is 1. The van der Waals surface area contributed by atoms with Crippen molar-refractivity contribution in [3.8, 4) is 5.75 Å². The molecule has 0 saturated heterocycles. The van der Waals surface area contributed by atoms with Crippen LogP contribution < -0.4 is 10.9 Å². The lowest BCUT2D eigenvalue weighted by Gasteiger charge is -2.15. The third kappa shape index (κ3) is 5.51. The fourth-order valence-electron chi connectivity index (χ4n) is 3.77. The Morgan fingerprint density at radius 3 is 2.32 bits per heavy atom. The first-order valence-electron chi connectivity index (χ1n) is 10.9. The smallest absolute Gasteiger partial charge is 0.267 e. The minimum Gasteiger partial charge on any atom is -0.506 e. The molecule has 0 saturated carbocycles. The number of rotatable bonds is 10. The van der Waals surface area contributed by atoms with Crippen LogP contribution in [0.5, 0.6) is 5.75 Å². The number of pyridine rings is 1. The monoisotopic (exact) mass is 424 g/mol. The minimum atomic E-state index is -0.715. The van der Waals surface area contributed by atoms with E-state index in [0.717, 1.165) is 19.3 Å². The molecule has 2 aromatic carbocycles. The minimum absolute atomic E-state index is 0.300. The second-order valence-electron chi connectivity index (χ2n) is 7.78. The number of fused-ring (bicyclic) bond motifs is 1. The van der Waals surface area contributed by atoms with Gasteiger partial charge in [-0.15, -0.1) is 0 Å². The maximum Gasteiger partial charge on any atom is 0.267 e. The Morgan fingerprint density at radius 2 is 1.61 bits per heavy atom. The average molecular weight is 425 g/mol. The van der Waals surface area contributed by atoms with Gasteiger partial charge in [0.1, 0.15) is 17.1 Å². The molecule has 164 valence electrons. The van der Waals surface area contributed by atoms with Crippen LogP contribution in [0.15, 0.2) is 53.3 Å². The molecular formula is C25H29FN2O3. The fourth-order valence-corrected chi connectivity index (χ4v) is 3.77. The van der Waals surface area contributed by atoms with E-state index in [9.17, 15) is 19.1 Å². The first kappa shape index (κ1) is 22.5. The van der Waals surface area contributed by atoms with Crippen molar-refractivity contribution in [1.82, 2.24) is 4.57 Å². The number of anilines is 1. The molecule has 0 unspecified atom stereocenters. The molecule has 1 amide bonds. The molecule has 3 rings (SSSR count). The molecule has 1 aromatic heterocycles. The summed E-state index contributed by atoms with van der Waals surface area (Å²) in [5.74, 6) is -1.48. The molecular weight excluding hydrogens is 395 g/mol. The molecule has 1 heterocycles. The first-order chi connectivity index (χ1) is 15.0. The fraction of sp³-hybridized carbons (Fsp3) is 0.360. The Labute approximate surface area is 181 Å². The van der Waals surface area contributed by atoms with Crippen molar-refractivity contribution in [3.63, 3.8) is 0 Å². The van der Waals surface area contributed by atoms with E-state index >= 15 is 0 Å². The molecule has 0 fully saturated rings. The van der Waals surface area contributed by atoms with Gasteiger partial charge in [-0.05, 0) is 42.8 Å². The normalized spacial score (nSPS) is 11.0. The van der Waals surface area contributed by atoms with Crippen LogP contribution in [0, 0.1) is 5.82 Å². The summed E-state index contributed by atoms with van der Waals surface area (Å²) >= 11 is 0. The van der Waals surface area contributed by atoms with Gasteiger partial charge in [0.2, 0.25) is 0 Å². The number of amides is 1. The third-order valence-corrected chi connectivity index (χ3v) is 5.46. The summed E-state index contributed by atoms with van der Waals surface area (Å²) in [4.78, 5) is 26.0. The molecule has 3 aromatic rings. The number of para-hydroxylation sites is 1. The number of aromatic nitrogens is 1. The molecule has 6 heteroatoms. The summed E-state index contributed by atoms with van der Waals surface area (Å²) in [5.41, 5.74) is 0.124. The van der Waals surface area contributed by atoms with E-state index in [1.807, 2.05) is 0 Å². The Kier molecular flexibility index (Phi) is 7.82. The van der Waals surface area contributed by atoms with Gasteiger partial charge in [0.15, 0.2) is 0 Å². The van der Waals surface area contributed by atoms with Crippen molar-refractivity contribution in [2.75, 3.05) is 5.32 Å². The number of carbonyl (C=O) groups is 1. The van der Waals surface area contributed by atoms with Crippen LogP contribution in [-0.4, -0.2) is 15.6 Å². The maximum atomic E-state index is 13.2. The number of carbonyl (C=O) groups excluding carboxylic acids is 1. The van der Waals surface area contributed by atoms with Gasteiger partial charge in [0.05, 0.1) is 5.52 Å². The van der Waals surface area contributed by atoms with Crippen molar-refractivity contribution in [1.29, 1.82) is 0 Å². The van der Waals surface area contributed by atoms with Crippen molar-refractivity contribution in [2.45, 2.75) is 58.4 Å². The zero-order valence-corrected chi connectivity index (χ0v) is 17.9. The number of nitrogens with one attached hydrogen (secondary N) is 1. The lowest BCUT2D eigenvalue weighted by atomic mass is 10.1. The van der Waals surface area contributed by atoms with Crippen molar-refractivity contribution < 1.29 is 14.3 Å². The second-order valence-corrected chi connectivity index (χ2v) is 7.78. The highest BCUT2D eigenvalue weighted by molar-refractivity contribution is 6.09. The van der Waals surface area contributed by atoms with E-state index < -0.39 is 17.3 Å². The predicted octanol–water partition coefficient (Wildman–Crippen LogP) is 5.85. The van der Waals surface area contributed by atoms with Crippen molar-refractivity contribution >= 4 is 22.5 Å². The SMILES string of the molecule is CCCCCCCCCn1c(=O)c(C(=O)Nc2ccc(F)cc2)c(O)c2ccccc21. The van der Waals surface area contributed by atoms with Gasteiger partial charge in [-0.1, -0.05) is 57.6 Å². The highest BCUT2D eigenvalue weighted by atomic mass is 19.1. The van der Waals surface area contributed by atoms with Crippen molar-refractivity contribution in [3.05, 3.63) is 70.3 Å². The van der Waals surface area contributed by atoms with Gasteiger partial charge in [0.25, 0.3) is 11.5 Å². The number of hydrogen-bond donors (Lipinski definition) is 2. The Bertz CT molecular complexity index is 1090. The Hall–Kier alpha value is -3.15. The molecule has 0 atom stereocenters. The highest BCUT2D eigenvalue weighted by Crippen LogP contribution is 2.27. The summed E-state index contributed by atoms with van der Waals surface area (Å²) in [6.07, 6.45) is 7.80. The van der Waals surface area contributed by atoms with Crippen LogP contribution in [0.4, 0.5) is 10.1 Å². The molecule has 0 aliphatic carbocycles. The summed E-state index contributed by atoms with van der Waals surface area (Å²) in [5, 5.41) is 13.7. The number of hydrogen-bond acceptors (Lipinski definition) is 3. The predicted molar refractivity (Wildman–Crippen MR) is 122 cm³/mol. The first-order valence-corrected chi connectivity index (χ1v) is 10.9. The quantitative estimate of drug-likeness (QED) is 0.401. The van der Waals surface area contributed by atoms with Crippen LogP contribution in [0.2, 0.25) is 0 Å². The standard InChI is InChI=1S/C25H29FN2O3/c1-2-3-4-5-6-7-10-17-28-21-12-9-8-11-20(21)23(29)22(25(28)31)24(30)27-19-15-13-18(26)14-16-19/h8-9,11-16,29H,2-7,10,17H2,1H3,(H,27,30). The highest BCUT2D eigenvalue weighted by Gasteiger charge is 2.22. The van der Waals surface area contributed by atoms with E-state index in [1.165, 1.54) is 49.9 Å². The average Bonchev–Trinajstić information content (AvgIpc) is 2.77. The van der Waals surface area contributed by atoms with Crippen LogP contribution in [-0.2, 0) is 6.54 Å². The van der Waals surface area contributed by atoms with Crippen LogP contribution in [0.3, 0.4) is 0 Å². The Morgan fingerprint density at radius 1 is 0.968 bits per heavy atom. The third-order valence-electron chi connectivity index (χ3n) is 5.46. The zero-order chi connectivity index (χ0) is 22.2. The molecule has 31 heavy (non-hydrogen) atoms. The van der Waals surface area contributed by atoms with Gasteiger partial charge < -0.3 is 15.0 Å². The molecule has 0 bridgehead atoms. The lowest BCUT2D eigenvalue weighted by Crippen LogP contribution is -2.30. The number of nitrogens with zero attached hydrogens (tertiary/aromatic N) is 1. The van der Waals surface area contributed by atoms with Gasteiger partial charge >= 0.3 is 0 Å². The molecule has 2 N–H and O–H groups in total. The number of halogens is 1. The maximum absolute atomic E-state index is 13.2. The molecule has 0 aliphatic heterocycles. The number of unbranched alkanes of at least 4 members (excludes halogenated alkanes) is 6. The molecule has 5 nitrogen and oxygen atoms in total. The van der Waals surface area contributed by atoms with Crippen LogP contribution in [0.25, 0.3) is 10.9 Å². The molecule has 0 spiro atoms. The van der Waals surface area contributed by atoms with E-state index in [2.05, 4.69) is 12.2 Å². The second kappa shape index (κ2) is 10.8. The largest absolute Gasteiger partial charge is 0.506 e. The van der Waals surface area contributed by atoms with Crippen molar-refractivity contribution in [2.24, 2.45) is 0 Å². The summed E-state index contributed by atoms with van der Waals surface area (Å²) < 4.78 is 14.7. The topological polar surface area (TPSA) is 71.3 Å². The van der Waals surface area contributed by atoms with Crippen LogP contribution >= 0.6 is 0 Å².